The number of hydrogen-bond donors (Lipinski definition) is 1. The number of hydrogen-bond acceptors (Lipinski definition) is 7. The highest BCUT2D eigenvalue weighted by Crippen LogP contribution is 2.15. The van der Waals surface area contributed by atoms with Gasteiger partial charge < -0.3 is 14.7 Å². The molecule has 7 heteroatoms. The van der Waals surface area contributed by atoms with Crippen molar-refractivity contribution in [3.63, 3.8) is 0 Å². The van der Waals surface area contributed by atoms with E-state index in [1.54, 1.807) is 12.3 Å². The predicted molar refractivity (Wildman–Crippen MR) is 90.9 cm³/mol. The van der Waals surface area contributed by atoms with E-state index < -0.39 is 0 Å². The van der Waals surface area contributed by atoms with Crippen LogP contribution in [0.15, 0.2) is 18.3 Å². The average molecular weight is 331 g/mol. The lowest BCUT2D eigenvalue weighted by molar-refractivity contribution is 0.00656. The van der Waals surface area contributed by atoms with E-state index in [2.05, 4.69) is 19.7 Å². The van der Waals surface area contributed by atoms with Crippen LogP contribution in [0.25, 0.3) is 0 Å². The van der Waals surface area contributed by atoms with Crippen molar-refractivity contribution in [2.75, 3.05) is 70.5 Å². The van der Waals surface area contributed by atoms with Crippen molar-refractivity contribution >= 4 is 5.69 Å². The molecule has 3 rings (SSSR count). The Bertz CT molecular complexity index is 545. The molecule has 2 aliphatic rings. The molecule has 0 spiro atoms. The molecule has 1 N–H and O–H groups in total. The van der Waals surface area contributed by atoms with Gasteiger partial charge in [0.2, 0.25) is 0 Å². The molecule has 7 nitrogen and oxygen atoms in total. The van der Waals surface area contributed by atoms with Crippen LogP contribution in [0.5, 0.6) is 0 Å². The van der Waals surface area contributed by atoms with Gasteiger partial charge in [0.1, 0.15) is 11.8 Å². The number of piperazine rings is 1. The van der Waals surface area contributed by atoms with E-state index in [9.17, 15) is 5.11 Å². The quantitative estimate of drug-likeness (QED) is 0.798. The minimum atomic E-state index is -0.314. The standard InChI is InChI=1S/C17H25N5O2/c18-11-15-1-2-16(12-19-15)22-5-3-20(4-6-22)13-17(23)14-21-7-9-24-10-8-21/h1-2,12,17,23H,3-10,13-14H2. The van der Waals surface area contributed by atoms with Crippen LogP contribution in [0, 0.1) is 11.3 Å². The molecule has 3 heterocycles. The van der Waals surface area contributed by atoms with Gasteiger partial charge in [-0.3, -0.25) is 9.80 Å². The number of nitrogens with zero attached hydrogens (tertiary/aromatic N) is 5. The molecule has 0 aromatic carbocycles. The van der Waals surface area contributed by atoms with E-state index in [0.29, 0.717) is 5.69 Å². The summed E-state index contributed by atoms with van der Waals surface area (Å²) in [5.74, 6) is 0. The van der Waals surface area contributed by atoms with Crippen LogP contribution in [0.4, 0.5) is 5.69 Å². The third kappa shape index (κ3) is 4.65. The lowest BCUT2D eigenvalue weighted by Crippen LogP contribution is -2.50. The number of pyridine rings is 1. The Balaban J connectivity index is 1.42. The Hall–Kier alpha value is -1.72. The summed E-state index contributed by atoms with van der Waals surface area (Å²) in [5, 5.41) is 19.1. The van der Waals surface area contributed by atoms with Crippen molar-refractivity contribution in [2.45, 2.75) is 6.10 Å². The van der Waals surface area contributed by atoms with E-state index in [1.807, 2.05) is 12.1 Å². The molecular formula is C17H25N5O2. The first-order chi connectivity index (χ1) is 11.7. The van der Waals surface area contributed by atoms with Crippen LogP contribution >= 0.6 is 0 Å². The fourth-order valence-corrected chi connectivity index (χ4v) is 3.27. The van der Waals surface area contributed by atoms with E-state index >= 15 is 0 Å². The fourth-order valence-electron chi connectivity index (χ4n) is 3.27. The molecule has 2 saturated heterocycles. The normalized spacial score (nSPS) is 21.4. The number of aromatic nitrogens is 1. The molecule has 0 aliphatic carbocycles. The maximum Gasteiger partial charge on any atom is 0.140 e. The third-order valence-electron chi connectivity index (χ3n) is 4.64. The molecule has 1 unspecified atom stereocenters. The van der Waals surface area contributed by atoms with Gasteiger partial charge in [-0.15, -0.1) is 0 Å². The molecule has 1 aromatic rings. The highest BCUT2D eigenvalue weighted by molar-refractivity contribution is 5.46. The van der Waals surface area contributed by atoms with Gasteiger partial charge in [-0.25, -0.2) is 4.98 Å². The zero-order valence-electron chi connectivity index (χ0n) is 14.0. The van der Waals surface area contributed by atoms with Crippen LogP contribution in [0.2, 0.25) is 0 Å². The third-order valence-corrected chi connectivity index (χ3v) is 4.64. The zero-order valence-corrected chi connectivity index (χ0v) is 14.0. The van der Waals surface area contributed by atoms with Gasteiger partial charge in [0, 0.05) is 52.4 Å². The molecule has 2 aliphatic heterocycles. The Morgan fingerprint density at radius 3 is 2.33 bits per heavy atom. The maximum atomic E-state index is 10.3. The first-order valence-corrected chi connectivity index (χ1v) is 8.56. The van der Waals surface area contributed by atoms with E-state index in [1.165, 1.54) is 0 Å². The van der Waals surface area contributed by atoms with Crippen molar-refractivity contribution in [1.29, 1.82) is 5.26 Å². The number of rotatable bonds is 5. The first kappa shape index (κ1) is 17.1. The molecule has 2 fully saturated rings. The number of morpholine rings is 1. The van der Waals surface area contributed by atoms with Gasteiger partial charge in [0.05, 0.1) is 31.2 Å². The lowest BCUT2D eigenvalue weighted by Gasteiger charge is -2.37. The highest BCUT2D eigenvalue weighted by atomic mass is 16.5. The van der Waals surface area contributed by atoms with Crippen molar-refractivity contribution in [2.24, 2.45) is 0 Å². The molecule has 0 saturated carbocycles. The van der Waals surface area contributed by atoms with E-state index in [4.69, 9.17) is 10.00 Å². The van der Waals surface area contributed by atoms with Gasteiger partial charge in [0.15, 0.2) is 0 Å². The number of aliphatic hydroxyl groups excluding tert-OH is 1. The predicted octanol–water partition coefficient (Wildman–Crippen LogP) is -0.232. The number of ether oxygens (including phenoxy) is 1. The van der Waals surface area contributed by atoms with Crippen LogP contribution in [-0.4, -0.2) is 91.6 Å². The van der Waals surface area contributed by atoms with E-state index in [0.717, 1.165) is 71.3 Å². The molecule has 24 heavy (non-hydrogen) atoms. The largest absolute Gasteiger partial charge is 0.390 e. The van der Waals surface area contributed by atoms with Crippen molar-refractivity contribution in [3.8, 4) is 6.07 Å². The molecule has 130 valence electrons. The van der Waals surface area contributed by atoms with Gasteiger partial charge >= 0.3 is 0 Å². The highest BCUT2D eigenvalue weighted by Gasteiger charge is 2.21. The topological polar surface area (TPSA) is 75.9 Å². The summed E-state index contributed by atoms with van der Waals surface area (Å²) in [5.41, 5.74) is 1.51. The number of anilines is 1. The van der Waals surface area contributed by atoms with Crippen molar-refractivity contribution in [3.05, 3.63) is 24.0 Å². The van der Waals surface area contributed by atoms with Gasteiger partial charge in [-0.05, 0) is 12.1 Å². The molecule has 0 radical (unpaired) electrons. The summed E-state index contributed by atoms with van der Waals surface area (Å²) in [6.07, 6.45) is 1.45. The van der Waals surface area contributed by atoms with Crippen LogP contribution in [-0.2, 0) is 4.74 Å². The second-order valence-corrected chi connectivity index (χ2v) is 6.37. The summed E-state index contributed by atoms with van der Waals surface area (Å²) in [4.78, 5) is 11.0. The number of nitriles is 1. The number of β-amino-alcohol motifs (C(OH)–C–C–N with tert-alkyl or cyclic N) is 1. The van der Waals surface area contributed by atoms with E-state index in [-0.39, 0.29) is 6.10 Å². The second-order valence-electron chi connectivity index (χ2n) is 6.37. The number of aliphatic hydroxyl groups is 1. The second kappa shape index (κ2) is 8.40. The van der Waals surface area contributed by atoms with Crippen molar-refractivity contribution < 1.29 is 9.84 Å². The molecular weight excluding hydrogens is 306 g/mol. The van der Waals surface area contributed by atoms with Crippen LogP contribution in [0.3, 0.4) is 0 Å². The summed E-state index contributed by atoms with van der Waals surface area (Å²) in [7, 11) is 0. The summed E-state index contributed by atoms with van der Waals surface area (Å²) >= 11 is 0. The minimum Gasteiger partial charge on any atom is -0.390 e. The van der Waals surface area contributed by atoms with Gasteiger partial charge in [0.25, 0.3) is 0 Å². The van der Waals surface area contributed by atoms with Crippen molar-refractivity contribution in [1.82, 2.24) is 14.8 Å². The Morgan fingerprint density at radius 2 is 1.75 bits per heavy atom. The van der Waals surface area contributed by atoms with Crippen LogP contribution < -0.4 is 4.90 Å². The summed E-state index contributed by atoms with van der Waals surface area (Å²) in [6, 6.07) is 5.75. The smallest absolute Gasteiger partial charge is 0.140 e. The summed E-state index contributed by atoms with van der Waals surface area (Å²) < 4.78 is 5.34. The molecule has 1 atom stereocenters. The van der Waals surface area contributed by atoms with Gasteiger partial charge in [-0.1, -0.05) is 0 Å². The minimum absolute atomic E-state index is 0.314. The lowest BCUT2D eigenvalue weighted by atomic mass is 10.2. The first-order valence-electron chi connectivity index (χ1n) is 8.56. The SMILES string of the molecule is N#Cc1ccc(N2CCN(CC(O)CN3CCOCC3)CC2)cn1. The molecule has 1 aromatic heterocycles. The Morgan fingerprint density at radius 1 is 1.08 bits per heavy atom. The fraction of sp³-hybridized carbons (Fsp3) is 0.647. The Kier molecular flexibility index (Phi) is 5.99. The average Bonchev–Trinajstić information content (AvgIpc) is 2.63. The van der Waals surface area contributed by atoms with Crippen LogP contribution in [0.1, 0.15) is 5.69 Å². The summed E-state index contributed by atoms with van der Waals surface area (Å²) in [6.45, 7) is 8.50. The molecule has 0 amide bonds. The molecule has 0 bridgehead atoms. The van der Waals surface area contributed by atoms with Gasteiger partial charge in [-0.2, -0.15) is 5.26 Å². The monoisotopic (exact) mass is 331 g/mol. The maximum absolute atomic E-state index is 10.3. The zero-order chi connectivity index (χ0) is 16.8. The Labute approximate surface area is 143 Å².